The molecule has 0 aliphatic rings. The van der Waals surface area contributed by atoms with Crippen LogP contribution in [-0.2, 0) is 11.2 Å². The van der Waals surface area contributed by atoms with Crippen LogP contribution in [0, 0.1) is 6.92 Å². The van der Waals surface area contributed by atoms with Crippen molar-refractivity contribution in [3.8, 4) is 5.75 Å². The Morgan fingerprint density at radius 2 is 1.97 bits per heavy atom. The molecule has 3 N–H and O–H groups in total. The van der Waals surface area contributed by atoms with Crippen molar-refractivity contribution < 1.29 is 9.53 Å². The molecule has 0 saturated carbocycles. The molecule has 0 spiro atoms. The summed E-state index contributed by atoms with van der Waals surface area (Å²) in [6, 6.07) is 12.5. The number of aryl methyl sites for hydroxylation is 1. The Hall–Kier alpha value is -3.04. The lowest BCUT2D eigenvalue weighted by atomic mass is 10.1. The quantitative estimate of drug-likeness (QED) is 0.424. The van der Waals surface area contributed by atoms with Gasteiger partial charge in [0.15, 0.2) is 0 Å². The number of nitrogens with zero attached hydrogens (tertiary/aromatic N) is 3. The molecule has 0 unspecified atom stereocenters. The number of ether oxygens (including phenoxy) is 1. The van der Waals surface area contributed by atoms with Gasteiger partial charge in [0.2, 0.25) is 11.1 Å². The summed E-state index contributed by atoms with van der Waals surface area (Å²) in [4.78, 5) is 24.7. The van der Waals surface area contributed by atoms with Gasteiger partial charge in [-0.2, -0.15) is 4.68 Å². The number of carbonyl (C=O) groups is 1. The largest absolute Gasteiger partial charge is 0.497 e. The van der Waals surface area contributed by atoms with Crippen molar-refractivity contribution in [1.82, 2.24) is 14.9 Å². The predicted molar refractivity (Wildman–Crippen MR) is 118 cm³/mol. The van der Waals surface area contributed by atoms with Gasteiger partial charge < -0.3 is 15.9 Å². The maximum absolute atomic E-state index is 12.5. The molecule has 156 valence electrons. The number of anilines is 1. The highest BCUT2D eigenvalue weighted by atomic mass is 35.5. The van der Waals surface area contributed by atoms with Crippen LogP contribution in [0.3, 0.4) is 0 Å². The number of hydrogen-bond donors (Lipinski definition) is 2. The maximum atomic E-state index is 12.5. The molecule has 0 aliphatic carbocycles. The molecule has 0 radical (unpaired) electrons. The van der Waals surface area contributed by atoms with E-state index in [4.69, 9.17) is 22.2 Å². The van der Waals surface area contributed by atoms with Gasteiger partial charge in [0.05, 0.1) is 12.9 Å². The van der Waals surface area contributed by atoms with E-state index < -0.39 is 5.56 Å². The van der Waals surface area contributed by atoms with Crippen LogP contribution in [-0.4, -0.2) is 33.6 Å². The number of nitrogens with two attached hydrogens (primary N) is 1. The van der Waals surface area contributed by atoms with Gasteiger partial charge >= 0.3 is 0 Å². The number of carbonyl (C=O) groups excluding carboxylic acids is 1. The minimum Gasteiger partial charge on any atom is -0.497 e. The molecule has 0 atom stereocenters. The number of aromatic nitrogens is 3. The summed E-state index contributed by atoms with van der Waals surface area (Å²) in [5.74, 6) is 6.32. The second-order valence-electron chi connectivity index (χ2n) is 6.43. The van der Waals surface area contributed by atoms with Gasteiger partial charge in [-0.1, -0.05) is 41.6 Å². The molecule has 0 fully saturated rings. The van der Waals surface area contributed by atoms with Gasteiger partial charge in [0, 0.05) is 17.1 Å². The highest BCUT2D eigenvalue weighted by Crippen LogP contribution is 2.20. The first-order chi connectivity index (χ1) is 14.4. The van der Waals surface area contributed by atoms with Crippen molar-refractivity contribution in [3.05, 3.63) is 74.7 Å². The number of methoxy groups -OCH3 is 1. The Morgan fingerprint density at radius 3 is 2.63 bits per heavy atom. The molecular formula is C20H20ClN5O3S. The summed E-state index contributed by atoms with van der Waals surface area (Å²) in [6.07, 6.45) is 0.284. The third-order valence-corrected chi connectivity index (χ3v) is 5.60. The van der Waals surface area contributed by atoms with Crippen molar-refractivity contribution in [2.24, 2.45) is 0 Å². The second-order valence-corrected chi connectivity index (χ2v) is 7.78. The molecule has 0 bridgehead atoms. The van der Waals surface area contributed by atoms with E-state index in [1.807, 2.05) is 25.1 Å². The zero-order valence-electron chi connectivity index (χ0n) is 16.4. The van der Waals surface area contributed by atoms with Crippen LogP contribution in [0.4, 0.5) is 5.69 Å². The first-order valence-electron chi connectivity index (χ1n) is 8.93. The normalized spacial score (nSPS) is 10.6. The van der Waals surface area contributed by atoms with Crippen LogP contribution in [0.2, 0.25) is 5.02 Å². The monoisotopic (exact) mass is 445 g/mol. The number of hydrogen-bond acceptors (Lipinski definition) is 7. The third kappa shape index (κ3) is 5.31. The number of benzene rings is 2. The van der Waals surface area contributed by atoms with Crippen molar-refractivity contribution in [1.29, 1.82) is 0 Å². The second kappa shape index (κ2) is 9.64. The van der Waals surface area contributed by atoms with Crippen molar-refractivity contribution >= 4 is 35.0 Å². The summed E-state index contributed by atoms with van der Waals surface area (Å²) < 4.78 is 6.03. The fourth-order valence-corrected chi connectivity index (χ4v) is 3.40. The topological polar surface area (TPSA) is 112 Å². The van der Waals surface area contributed by atoms with Gasteiger partial charge in [-0.3, -0.25) is 9.59 Å². The van der Waals surface area contributed by atoms with E-state index in [1.165, 1.54) is 0 Å². The summed E-state index contributed by atoms with van der Waals surface area (Å²) in [7, 11) is 1.58. The van der Waals surface area contributed by atoms with E-state index in [0.717, 1.165) is 33.3 Å². The van der Waals surface area contributed by atoms with Gasteiger partial charge in [0.25, 0.3) is 5.56 Å². The zero-order chi connectivity index (χ0) is 21.7. The van der Waals surface area contributed by atoms with Crippen LogP contribution < -0.4 is 21.5 Å². The average Bonchev–Trinajstić information content (AvgIpc) is 2.74. The first kappa shape index (κ1) is 21.7. The molecule has 3 aromatic rings. The molecule has 10 heteroatoms. The minimum atomic E-state index is -0.464. The molecule has 1 amide bonds. The molecule has 0 saturated heterocycles. The van der Waals surface area contributed by atoms with Crippen LogP contribution in [0.15, 0.2) is 52.4 Å². The molecule has 8 nitrogen and oxygen atoms in total. The van der Waals surface area contributed by atoms with E-state index in [-0.39, 0.29) is 28.9 Å². The van der Waals surface area contributed by atoms with Crippen molar-refractivity contribution in [2.45, 2.75) is 18.5 Å². The highest BCUT2D eigenvalue weighted by Gasteiger charge is 2.13. The SMILES string of the molecule is COc1ccc(Cc2nnc(SCC(=O)Nc3ccc(C)c(Cl)c3)n(N)c2=O)cc1. The van der Waals surface area contributed by atoms with E-state index >= 15 is 0 Å². The van der Waals surface area contributed by atoms with Gasteiger partial charge in [-0.05, 0) is 42.3 Å². The molecular weight excluding hydrogens is 426 g/mol. The van der Waals surface area contributed by atoms with Crippen LogP contribution in [0.25, 0.3) is 0 Å². The zero-order valence-corrected chi connectivity index (χ0v) is 18.0. The Kier molecular flexibility index (Phi) is 6.96. The molecule has 3 rings (SSSR count). The van der Waals surface area contributed by atoms with Crippen LogP contribution in [0.5, 0.6) is 5.75 Å². The van der Waals surface area contributed by atoms with E-state index in [9.17, 15) is 9.59 Å². The summed E-state index contributed by atoms with van der Waals surface area (Å²) in [5, 5.41) is 11.4. The Morgan fingerprint density at radius 1 is 1.23 bits per heavy atom. The van der Waals surface area contributed by atoms with Gasteiger partial charge in [0.1, 0.15) is 11.4 Å². The van der Waals surface area contributed by atoms with Crippen LogP contribution >= 0.6 is 23.4 Å². The first-order valence-corrected chi connectivity index (χ1v) is 10.3. The molecule has 1 aromatic heterocycles. The Labute approximate surface area is 182 Å². The smallest absolute Gasteiger partial charge is 0.294 e. The number of rotatable bonds is 7. The number of thioether (sulfide) groups is 1. The lowest BCUT2D eigenvalue weighted by Gasteiger charge is -2.09. The lowest BCUT2D eigenvalue weighted by molar-refractivity contribution is -0.113. The number of nitrogen functional groups attached to an aromatic ring is 1. The highest BCUT2D eigenvalue weighted by molar-refractivity contribution is 7.99. The summed E-state index contributed by atoms with van der Waals surface area (Å²) in [5.41, 5.74) is 2.13. The average molecular weight is 446 g/mol. The van der Waals surface area contributed by atoms with Gasteiger partial charge in [-0.25, -0.2) is 0 Å². The van der Waals surface area contributed by atoms with Crippen molar-refractivity contribution in [3.63, 3.8) is 0 Å². The molecule has 1 heterocycles. The third-order valence-electron chi connectivity index (χ3n) is 4.25. The number of amides is 1. The standard InChI is InChI=1S/C20H20ClN5O3S/c1-12-3-6-14(10-16(12)21)23-18(27)11-30-20-25-24-17(19(28)26(20)22)9-13-4-7-15(29-2)8-5-13/h3-8,10H,9,11,22H2,1-2H3,(H,23,27). The van der Waals surface area contributed by atoms with E-state index in [0.29, 0.717) is 10.7 Å². The summed E-state index contributed by atoms with van der Waals surface area (Å²) >= 11 is 7.08. The fraction of sp³-hybridized carbons (Fsp3) is 0.200. The predicted octanol–water partition coefficient (Wildman–Crippen LogP) is 2.64. The number of nitrogens with one attached hydrogen (secondary N) is 1. The molecule has 2 aromatic carbocycles. The lowest BCUT2D eigenvalue weighted by Crippen LogP contribution is -2.34. The van der Waals surface area contributed by atoms with Crippen LogP contribution in [0.1, 0.15) is 16.8 Å². The number of halogens is 1. The van der Waals surface area contributed by atoms with Crippen molar-refractivity contribution in [2.75, 3.05) is 24.0 Å². The summed E-state index contributed by atoms with van der Waals surface area (Å²) in [6.45, 7) is 1.88. The minimum absolute atomic E-state index is 0.00857. The molecule has 30 heavy (non-hydrogen) atoms. The maximum Gasteiger partial charge on any atom is 0.294 e. The Bertz CT molecular complexity index is 1120. The Balaban J connectivity index is 1.63. The van der Waals surface area contributed by atoms with E-state index in [1.54, 1.807) is 31.4 Å². The molecule has 0 aliphatic heterocycles. The van der Waals surface area contributed by atoms with E-state index in [2.05, 4.69) is 15.5 Å². The fourth-order valence-electron chi connectivity index (χ4n) is 2.56. The van der Waals surface area contributed by atoms with Gasteiger partial charge in [-0.15, -0.1) is 10.2 Å².